The number of benzene rings is 1. The van der Waals surface area contributed by atoms with E-state index < -0.39 is 6.61 Å². The van der Waals surface area contributed by atoms with E-state index in [0.717, 1.165) is 10.5 Å². The van der Waals surface area contributed by atoms with Crippen molar-refractivity contribution >= 4 is 39.9 Å². The highest BCUT2D eigenvalue weighted by molar-refractivity contribution is 7.15. The summed E-state index contributed by atoms with van der Waals surface area (Å²) in [6.07, 6.45) is 5.21. The van der Waals surface area contributed by atoms with E-state index in [2.05, 4.69) is 15.0 Å². The molecule has 0 radical (unpaired) electrons. The third-order valence-corrected chi connectivity index (χ3v) is 4.84. The molecule has 0 aliphatic carbocycles. The van der Waals surface area contributed by atoms with E-state index in [1.807, 2.05) is 11.6 Å². The molecule has 1 amide bonds. The second-order valence-electron chi connectivity index (χ2n) is 5.58. The van der Waals surface area contributed by atoms with Crippen LogP contribution in [0.1, 0.15) is 11.3 Å². The predicted molar refractivity (Wildman–Crippen MR) is 103 cm³/mol. The zero-order valence-corrected chi connectivity index (χ0v) is 16.3. The minimum absolute atomic E-state index is 0.0450. The van der Waals surface area contributed by atoms with Gasteiger partial charge in [-0.25, -0.2) is 4.98 Å². The van der Waals surface area contributed by atoms with Crippen molar-refractivity contribution in [2.24, 2.45) is 0 Å². The van der Waals surface area contributed by atoms with Crippen molar-refractivity contribution in [2.75, 3.05) is 13.7 Å². The molecule has 1 aromatic carbocycles. The van der Waals surface area contributed by atoms with Crippen LogP contribution in [-0.2, 0) is 11.2 Å². The highest BCUT2D eigenvalue weighted by Crippen LogP contribution is 2.29. The summed E-state index contributed by atoms with van der Waals surface area (Å²) in [6.45, 7) is -2.63. The van der Waals surface area contributed by atoms with Crippen molar-refractivity contribution in [2.45, 2.75) is 13.0 Å². The maximum absolute atomic E-state index is 12.5. The Morgan fingerprint density at radius 1 is 1.43 bits per heavy atom. The Morgan fingerprint density at radius 3 is 3.00 bits per heavy atom. The number of alkyl halides is 2. The first-order valence-corrected chi connectivity index (χ1v) is 9.42. The molecule has 10 heteroatoms. The highest BCUT2D eigenvalue weighted by Gasteiger charge is 2.12. The summed E-state index contributed by atoms with van der Waals surface area (Å²) in [6, 6.07) is 4.73. The van der Waals surface area contributed by atoms with Gasteiger partial charge in [0.15, 0.2) is 21.6 Å². The maximum atomic E-state index is 12.5. The Labute approximate surface area is 168 Å². The lowest BCUT2D eigenvalue weighted by Crippen LogP contribution is -2.23. The fourth-order valence-electron chi connectivity index (χ4n) is 2.53. The molecule has 3 rings (SSSR count). The van der Waals surface area contributed by atoms with Crippen molar-refractivity contribution in [1.82, 2.24) is 14.7 Å². The first-order valence-electron chi connectivity index (χ1n) is 8.16. The van der Waals surface area contributed by atoms with Gasteiger partial charge >= 0.3 is 6.61 Å². The molecule has 0 bridgehead atoms. The van der Waals surface area contributed by atoms with Gasteiger partial charge in [0.05, 0.1) is 12.8 Å². The van der Waals surface area contributed by atoms with Crippen LogP contribution in [0.25, 0.3) is 11.0 Å². The van der Waals surface area contributed by atoms with Crippen LogP contribution >= 0.6 is 22.9 Å². The molecule has 2 aromatic heterocycles. The molecule has 0 saturated heterocycles. The second kappa shape index (κ2) is 9.03. The molecule has 0 aliphatic rings. The molecule has 28 heavy (non-hydrogen) atoms. The fraction of sp³-hybridized carbons (Fsp3) is 0.222. The Hall–Kier alpha value is -2.65. The van der Waals surface area contributed by atoms with Crippen LogP contribution in [0.3, 0.4) is 0 Å². The zero-order chi connectivity index (χ0) is 20.1. The lowest BCUT2D eigenvalue weighted by Gasteiger charge is -2.11. The third-order valence-electron chi connectivity index (χ3n) is 3.80. The molecule has 0 atom stereocenters. The van der Waals surface area contributed by atoms with Crippen molar-refractivity contribution in [1.29, 1.82) is 0 Å². The number of carbonyl (C=O) groups is 1. The standard InChI is InChI=1S/C18H16ClF2N3O3S/c1-26-13-4-2-11(10-14(13)27-17(20)21)6-7-22-15(25)5-3-12-16(19)23-18-24(12)8-9-28-18/h2-5,8-10,17H,6-7H2,1H3,(H,22,25)/b5-3+. The minimum Gasteiger partial charge on any atom is -0.493 e. The second-order valence-corrected chi connectivity index (χ2v) is 6.81. The van der Waals surface area contributed by atoms with Crippen LogP contribution in [0.2, 0.25) is 5.15 Å². The number of methoxy groups -OCH3 is 1. The third kappa shape index (κ3) is 4.79. The van der Waals surface area contributed by atoms with E-state index in [-0.39, 0.29) is 17.4 Å². The molecule has 0 fully saturated rings. The van der Waals surface area contributed by atoms with E-state index >= 15 is 0 Å². The topological polar surface area (TPSA) is 64.9 Å². The molecule has 6 nitrogen and oxygen atoms in total. The number of ether oxygens (including phenoxy) is 2. The van der Waals surface area contributed by atoms with E-state index in [4.69, 9.17) is 16.3 Å². The molecular weight excluding hydrogens is 412 g/mol. The van der Waals surface area contributed by atoms with Crippen molar-refractivity contribution < 1.29 is 23.0 Å². The summed E-state index contributed by atoms with van der Waals surface area (Å²) in [5.41, 5.74) is 1.34. The predicted octanol–water partition coefficient (Wildman–Crippen LogP) is 4.03. The number of nitrogens with zero attached hydrogens (tertiary/aromatic N) is 2. The number of hydrogen-bond acceptors (Lipinski definition) is 5. The van der Waals surface area contributed by atoms with Gasteiger partial charge < -0.3 is 14.8 Å². The van der Waals surface area contributed by atoms with Gasteiger partial charge in [0.25, 0.3) is 0 Å². The number of imidazole rings is 1. The van der Waals surface area contributed by atoms with E-state index in [1.165, 1.54) is 30.6 Å². The molecule has 1 N–H and O–H groups in total. The van der Waals surface area contributed by atoms with Crippen molar-refractivity contribution in [3.05, 3.63) is 52.3 Å². The van der Waals surface area contributed by atoms with Crippen molar-refractivity contribution in [3.8, 4) is 11.5 Å². The van der Waals surface area contributed by atoms with E-state index in [9.17, 15) is 13.6 Å². The number of rotatable bonds is 8. The van der Waals surface area contributed by atoms with Crippen molar-refractivity contribution in [3.63, 3.8) is 0 Å². The molecule has 3 aromatic rings. The average molecular weight is 428 g/mol. The number of aromatic nitrogens is 2. The normalized spacial score (nSPS) is 11.5. The molecule has 148 valence electrons. The van der Waals surface area contributed by atoms with Gasteiger partial charge in [0.1, 0.15) is 0 Å². The number of fused-ring (bicyclic) bond motifs is 1. The van der Waals surface area contributed by atoms with Crippen LogP contribution in [0, 0.1) is 0 Å². The van der Waals surface area contributed by atoms with Crippen LogP contribution in [-0.4, -0.2) is 35.6 Å². The Bertz CT molecular complexity index is 1000. The van der Waals surface area contributed by atoms with Crippen LogP contribution in [0.4, 0.5) is 8.78 Å². The summed E-state index contributed by atoms with van der Waals surface area (Å²) in [7, 11) is 1.37. The van der Waals surface area contributed by atoms with E-state index in [0.29, 0.717) is 23.8 Å². The SMILES string of the molecule is COc1ccc(CCNC(=O)/C=C/c2c(Cl)nc3sccn23)cc1OC(F)F. The molecular formula is C18H16ClF2N3O3S. The number of nitrogens with one attached hydrogen (secondary N) is 1. The summed E-state index contributed by atoms with van der Waals surface area (Å²) in [4.78, 5) is 16.9. The summed E-state index contributed by atoms with van der Waals surface area (Å²) in [5, 5.41) is 4.92. The molecule has 0 saturated carbocycles. The number of thiazole rings is 1. The van der Waals surface area contributed by atoms with Gasteiger partial charge in [0, 0.05) is 24.2 Å². The van der Waals surface area contributed by atoms with Crippen LogP contribution < -0.4 is 14.8 Å². The first kappa shape index (κ1) is 20.1. The quantitative estimate of drug-likeness (QED) is 0.551. The van der Waals surface area contributed by atoms with Gasteiger partial charge in [-0.3, -0.25) is 9.20 Å². The first-order chi connectivity index (χ1) is 13.5. The largest absolute Gasteiger partial charge is 0.493 e. The Kier molecular flexibility index (Phi) is 6.48. The average Bonchev–Trinajstić information content (AvgIpc) is 3.20. The zero-order valence-electron chi connectivity index (χ0n) is 14.7. The molecule has 2 heterocycles. The number of hydrogen-bond donors (Lipinski definition) is 1. The van der Waals surface area contributed by atoms with Crippen LogP contribution in [0.5, 0.6) is 11.5 Å². The maximum Gasteiger partial charge on any atom is 0.387 e. The molecule has 0 unspecified atom stereocenters. The summed E-state index contributed by atoms with van der Waals surface area (Å²) < 4.78 is 36.2. The van der Waals surface area contributed by atoms with Gasteiger partial charge in [-0.2, -0.15) is 8.78 Å². The molecule has 0 spiro atoms. The minimum atomic E-state index is -2.95. The fourth-order valence-corrected chi connectivity index (χ4v) is 3.54. The van der Waals surface area contributed by atoms with E-state index in [1.54, 1.807) is 22.6 Å². The molecule has 0 aliphatic heterocycles. The highest BCUT2D eigenvalue weighted by atomic mass is 35.5. The van der Waals surface area contributed by atoms with Gasteiger partial charge in [-0.05, 0) is 30.2 Å². The lowest BCUT2D eigenvalue weighted by molar-refractivity contribution is -0.116. The number of amides is 1. The van der Waals surface area contributed by atoms with Crippen LogP contribution in [0.15, 0.2) is 35.9 Å². The summed E-state index contributed by atoms with van der Waals surface area (Å²) in [5.74, 6) is -0.136. The number of halogens is 3. The lowest BCUT2D eigenvalue weighted by atomic mass is 10.1. The number of carbonyl (C=O) groups excluding carboxylic acids is 1. The smallest absolute Gasteiger partial charge is 0.387 e. The Morgan fingerprint density at radius 2 is 2.25 bits per heavy atom. The van der Waals surface area contributed by atoms with Gasteiger partial charge in [0.2, 0.25) is 5.91 Å². The van der Waals surface area contributed by atoms with Gasteiger partial charge in [-0.1, -0.05) is 17.7 Å². The summed E-state index contributed by atoms with van der Waals surface area (Å²) >= 11 is 7.51. The Balaban J connectivity index is 1.56. The van der Waals surface area contributed by atoms with Gasteiger partial charge in [-0.15, -0.1) is 11.3 Å². The monoisotopic (exact) mass is 427 g/mol.